The lowest BCUT2D eigenvalue weighted by atomic mass is 10.0. The number of aromatic nitrogens is 1. The number of thioether (sulfide) groups is 1. The Bertz CT molecular complexity index is 625. The van der Waals surface area contributed by atoms with Gasteiger partial charge in [-0.2, -0.15) is 11.8 Å². The van der Waals surface area contributed by atoms with Gasteiger partial charge in [-0.15, -0.1) is 11.3 Å². The van der Waals surface area contributed by atoms with E-state index < -0.39 is 6.04 Å². The summed E-state index contributed by atoms with van der Waals surface area (Å²) in [5, 5.41) is 5.75. The van der Waals surface area contributed by atoms with Gasteiger partial charge in [-0.25, -0.2) is 4.98 Å². The van der Waals surface area contributed by atoms with Crippen molar-refractivity contribution in [3.05, 3.63) is 40.7 Å². The zero-order valence-electron chi connectivity index (χ0n) is 13.0. The molecule has 0 radical (unpaired) electrons. The monoisotopic (exact) mass is 335 g/mol. The van der Waals surface area contributed by atoms with Crippen LogP contribution in [0.15, 0.2) is 35.7 Å². The molecule has 1 aromatic carbocycles. The van der Waals surface area contributed by atoms with Gasteiger partial charge >= 0.3 is 0 Å². The van der Waals surface area contributed by atoms with Gasteiger partial charge in [0.2, 0.25) is 5.91 Å². The van der Waals surface area contributed by atoms with Gasteiger partial charge < -0.3 is 11.1 Å². The molecule has 1 heterocycles. The molecule has 22 heavy (non-hydrogen) atoms. The van der Waals surface area contributed by atoms with Gasteiger partial charge in [0.15, 0.2) is 0 Å². The van der Waals surface area contributed by atoms with Gasteiger partial charge in [0, 0.05) is 15.7 Å². The first kappa shape index (κ1) is 17.0. The molecular formula is C16H21N3OS2. The zero-order valence-corrected chi connectivity index (χ0v) is 14.6. The minimum atomic E-state index is -0.545. The second kappa shape index (κ2) is 7.26. The van der Waals surface area contributed by atoms with Crippen LogP contribution < -0.4 is 11.1 Å². The maximum absolute atomic E-state index is 12.1. The number of hydrogen-bond acceptors (Lipinski definition) is 5. The molecule has 0 spiro atoms. The molecule has 0 aliphatic rings. The van der Waals surface area contributed by atoms with Crippen molar-refractivity contribution in [2.75, 3.05) is 6.26 Å². The van der Waals surface area contributed by atoms with Crippen molar-refractivity contribution in [2.45, 2.75) is 31.2 Å². The van der Waals surface area contributed by atoms with Crippen LogP contribution in [0.3, 0.4) is 0 Å². The Morgan fingerprint density at radius 3 is 2.73 bits per heavy atom. The number of nitrogens with zero attached hydrogens (tertiary/aromatic N) is 1. The first-order chi connectivity index (χ1) is 10.4. The van der Waals surface area contributed by atoms with Gasteiger partial charge in [0.05, 0.1) is 18.3 Å². The lowest BCUT2D eigenvalue weighted by Gasteiger charge is -2.28. The number of amides is 1. The van der Waals surface area contributed by atoms with E-state index in [9.17, 15) is 4.79 Å². The van der Waals surface area contributed by atoms with Gasteiger partial charge in [0.25, 0.3) is 0 Å². The number of carbonyl (C=O) groups excluding carboxylic acids is 1. The van der Waals surface area contributed by atoms with Crippen LogP contribution in [-0.4, -0.2) is 27.9 Å². The van der Waals surface area contributed by atoms with E-state index in [0.717, 1.165) is 16.3 Å². The summed E-state index contributed by atoms with van der Waals surface area (Å²) in [6, 6.07) is 9.45. The lowest BCUT2D eigenvalue weighted by molar-refractivity contribution is -0.123. The third-order valence-corrected chi connectivity index (χ3v) is 5.75. The van der Waals surface area contributed by atoms with E-state index >= 15 is 0 Å². The van der Waals surface area contributed by atoms with Crippen molar-refractivity contribution in [1.29, 1.82) is 0 Å². The Hall–Kier alpha value is -1.37. The number of thiazole rings is 1. The van der Waals surface area contributed by atoms with Crippen LogP contribution >= 0.6 is 23.1 Å². The highest BCUT2D eigenvalue weighted by molar-refractivity contribution is 8.00. The Morgan fingerprint density at radius 1 is 1.41 bits per heavy atom. The van der Waals surface area contributed by atoms with Crippen LogP contribution in [0.4, 0.5) is 0 Å². The summed E-state index contributed by atoms with van der Waals surface area (Å²) >= 11 is 3.13. The summed E-state index contributed by atoms with van der Waals surface area (Å²) < 4.78 is -0.290. The Kier molecular flexibility index (Phi) is 5.61. The highest BCUT2D eigenvalue weighted by atomic mass is 32.2. The average Bonchev–Trinajstić information content (AvgIpc) is 3.01. The van der Waals surface area contributed by atoms with Crippen molar-refractivity contribution >= 4 is 29.0 Å². The number of nitrogens with two attached hydrogens (primary N) is 1. The normalized spacial score (nSPS) is 12.9. The van der Waals surface area contributed by atoms with Crippen molar-refractivity contribution in [3.63, 3.8) is 0 Å². The molecule has 4 nitrogen and oxygen atoms in total. The predicted octanol–water partition coefficient (Wildman–Crippen LogP) is 2.90. The maximum Gasteiger partial charge on any atom is 0.238 e. The third kappa shape index (κ3) is 4.09. The predicted molar refractivity (Wildman–Crippen MR) is 95.0 cm³/mol. The van der Waals surface area contributed by atoms with Gasteiger partial charge in [0.1, 0.15) is 5.01 Å². The van der Waals surface area contributed by atoms with E-state index in [4.69, 9.17) is 5.73 Å². The minimum Gasteiger partial charge on any atom is -0.348 e. The minimum absolute atomic E-state index is 0.143. The van der Waals surface area contributed by atoms with Crippen molar-refractivity contribution < 1.29 is 4.79 Å². The number of rotatable bonds is 6. The van der Waals surface area contributed by atoms with Crippen molar-refractivity contribution in [2.24, 2.45) is 5.73 Å². The number of hydrogen-bond donors (Lipinski definition) is 2. The molecule has 1 aromatic heterocycles. The molecule has 118 valence electrons. The van der Waals surface area contributed by atoms with Crippen LogP contribution in [0.1, 0.15) is 18.9 Å². The van der Waals surface area contributed by atoms with Gasteiger partial charge in [-0.05, 0) is 20.1 Å². The van der Waals surface area contributed by atoms with Gasteiger partial charge in [-0.3, -0.25) is 4.79 Å². The van der Waals surface area contributed by atoms with Crippen molar-refractivity contribution in [3.8, 4) is 11.3 Å². The summed E-state index contributed by atoms with van der Waals surface area (Å²) in [5.74, 6) is -0.143. The summed E-state index contributed by atoms with van der Waals surface area (Å²) in [5.41, 5.74) is 8.03. The quantitative estimate of drug-likeness (QED) is 0.852. The summed E-state index contributed by atoms with van der Waals surface area (Å²) in [7, 11) is 0. The average molecular weight is 335 g/mol. The van der Waals surface area contributed by atoms with E-state index in [1.165, 1.54) is 11.3 Å². The highest BCUT2D eigenvalue weighted by Gasteiger charge is 2.31. The topological polar surface area (TPSA) is 68.0 Å². The fourth-order valence-corrected chi connectivity index (χ4v) is 2.95. The van der Waals surface area contributed by atoms with Crippen LogP contribution in [0.5, 0.6) is 0 Å². The molecule has 0 aliphatic carbocycles. The van der Waals surface area contributed by atoms with Crippen LogP contribution in [-0.2, 0) is 11.3 Å². The summed E-state index contributed by atoms with van der Waals surface area (Å²) in [6.07, 6.45) is 1.96. The Balaban J connectivity index is 1.96. The first-order valence-corrected chi connectivity index (χ1v) is 9.13. The maximum atomic E-state index is 12.1. The molecule has 2 rings (SSSR count). The molecule has 0 saturated carbocycles. The van der Waals surface area contributed by atoms with Gasteiger partial charge in [-0.1, -0.05) is 30.3 Å². The second-order valence-corrected chi connectivity index (χ2v) is 7.90. The van der Waals surface area contributed by atoms with E-state index in [0.29, 0.717) is 6.54 Å². The molecule has 6 heteroatoms. The molecule has 0 bridgehead atoms. The molecule has 0 aliphatic heterocycles. The van der Waals surface area contributed by atoms with Crippen LogP contribution in [0.25, 0.3) is 11.3 Å². The molecule has 0 unspecified atom stereocenters. The smallest absolute Gasteiger partial charge is 0.238 e. The van der Waals surface area contributed by atoms with Crippen LogP contribution in [0, 0.1) is 0 Å². The van der Waals surface area contributed by atoms with E-state index in [1.807, 2.05) is 55.8 Å². The Labute approximate surface area is 139 Å². The molecule has 2 aromatic rings. The molecule has 3 N–H and O–H groups in total. The fourth-order valence-electron chi connectivity index (χ4n) is 1.85. The molecular weight excluding hydrogens is 314 g/mol. The summed E-state index contributed by atoms with van der Waals surface area (Å²) in [6.45, 7) is 4.35. The lowest BCUT2D eigenvalue weighted by Crippen LogP contribution is -2.51. The van der Waals surface area contributed by atoms with E-state index in [2.05, 4.69) is 10.3 Å². The second-order valence-electron chi connectivity index (χ2n) is 5.50. The number of carbonyl (C=O) groups is 1. The summed E-state index contributed by atoms with van der Waals surface area (Å²) in [4.78, 5) is 16.7. The highest BCUT2D eigenvalue weighted by Crippen LogP contribution is 2.25. The SMILES string of the molecule is CSC(C)(C)[C@H](N)C(=O)NCc1nc(-c2ccccc2)cs1. The molecule has 0 fully saturated rings. The molecule has 1 atom stereocenters. The third-order valence-electron chi connectivity index (χ3n) is 3.59. The number of benzene rings is 1. The van der Waals surface area contributed by atoms with Crippen LogP contribution in [0.2, 0.25) is 0 Å². The number of nitrogens with one attached hydrogen (secondary N) is 1. The fraction of sp³-hybridized carbons (Fsp3) is 0.375. The van der Waals surface area contributed by atoms with Crippen molar-refractivity contribution in [1.82, 2.24) is 10.3 Å². The van der Waals surface area contributed by atoms with E-state index in [-0.39, 0.29) is 10.7 Å². The molecule has 1 amide bonds. The Morgan fingerprint density at radius 2 is 2.09 bits per heavy atom. The standard InChI is InChI=1S/C16H21N3OS2/c1-16(2,21-3)14(17)15(20)18-9-13-19-12(10-22-13)11-7-5-4-6-8-11/h4-8,10,14H,9,17H2,1-3H3,(H,18,20)/t14-/m1/s1. The first-order valence-electron chi connectivity index (χ1n) is 7.02. The zero-order chi connectivity index (χ0) is 16.2. The molecule has 0 saturated heterocycles. The van der Waals surface area contributed by atoms with E-state index in [1.54, 1.807) is 11.8 Å². The largest absolute Gasteiger partial charge is 0.348 e.